The van der Waals surface area contributed by atoms with Crippen LogP contribution in [0.15, 0.2) is 36.9 Å². The molecule has 18 heavy (non-hydrogen) atoms. The van der Waals surface area contributed by atoms with Crippen LogP contribution < -0.4 is 5.32 Å². The minimum Gasteiger partial charge on any atom is -0.308 e. The normalized spacial score (nSPS) is 14.4. The molecule has 0 radical (unpaired) electrons. The van der Waals surface area contributed by atoms with Gasteiger partial charge in [-0.2, -0.15) is 5.10 Å². The summed E-state index contributed by atoms with van der Waals surface area (Å²) < 4.78 is 2.01. The van der Waals surface area contributed by atoms with Crippen LogP contribution in [0.4, 0.5) is 0 Å². The molecule has 4 heteroatoms. The summed E-state index contributed by atoms with van der Waals surface area (Å²) in [7, 11) is 0. The van der Waals surface area contributed by atoms with Crippen molar-refractivity contribution in [1.82, 2.24) is 20.1 Å². The summed E-state index contributed by atoms with van der Waals surface area (Å²) in [5.74, 6) is 0. The molecule has 2 rings (SSSR count). The van der Waals surface area contributed by atoms with E-state index >= 15 is 0 Å². The third kappa shape index (κ3) is 3.17. The molecule has 1 N–H and O–H groups in total. The zero-order valence-electron chi connectivity index (χ0n) is 11.2. The number of hydrogen-bond donors (Lipinski definition) is 1. The molecule has 2 atom stereocenters. The Hall–Kier alpha value is -1.68. The molecule has 0 unspecified atom stereocenters. The van der Waals surface area contributed by atoms with Gasteiger partial charge in [-0.05, 0) is 38.0 Å². The molecule has 0 aromatic carbocycles. The first-order valence-corrected chi connectivity index (χ1v) is 6.30. The molecule has 0 aliphatic rings. The molecule has 0 bridgehead atoms. The van der Waals surface area contributed by atoms with Crippen LogP contribution in [0.25, 0.3) is 0 Å². The van der Waals surface area contributed by atoms with Crippen molar-refractivity contribution in [2.75, 3.05) is 0 Å². The van der Waals surface area contributed by atoms with Crippen molar-refractivity contribution >= 4 is 0 Å². The van der Waals surface area contributed by atoms with E-state index in [1.807, 2.05) is 23.1 Å². The third-order valence-electron chi connectivity index (χ3n) is 3.22. The van der Waals surface area contributed by atoms with Crippen molar-refractivity contribution in [2.45, 2.75) is 39.4 Å². The van der Waals surface area contributed by atoms with Gasteiger partial charge in [-0.1, -0.05) is 6.07 Å². The summed E-state index contributed by atoms with van der Waals surface area (Å²) in [6.45, 7) is 7.24. The second kappa shape index (κ2) is 5.78. The number of hydrogen-bond acceptors (Lipinski definition) is 3. The Morgan fingerprint density at radius 1 is 1.33 bits per heavy atom. The maximum atomic E-state index is 4.36. The van der Waals surface area contributed by atoms with Gasteiger partial charge in [0.15, 0.2) is 0 Å². The summed E-state index contributed by atoms with van der Waals surface area (Å²) in [5, 5.41) is 7.86. The number of nitrogens with one attached hydrogen (secondary N) is 1. The predicted molar refractivity (Wildman–Crippen MR) is 72.2 cm³/mol. The molecule has 0 amide bonds. The fourth-order valence-corrected chi connectivity index (χ4v) is 1.84. The summed E-state index contributed by atoms with van der Waals surface area (Å²) in [4.78, 5) is 4.11. The molecule has 0 aliphatic carbocycles. The van der Waals surface area contributed by atoms with E-state index in [9.17, 15) is 0 Å². The average molecular weight is 244 g/mol. The van der Waals surface area contributed by atoms with Crippen LogP contribution >= 0.6 is 0 Å². The Bertz CT molecular complexity index is 478. The smallest absolute Gasteiger partial charge is 0.0641 e. The Kier molecular flexibility index (Phi) is 4.10. The van der Waals surface area contributed by atoms with Gasteiger partial charge in [0, 0.05) is 31.2 Å². The van der Waals surface area contributed by atoms with Crippen molar-refractivity contribution in [3.05, 3.63) is 48.0 Å². The van der Waals surface area contributed by atoms with E-state index in [1.54, 1.807) is 6.20 Å². The van der Waals surface area contributed by atoms with E-state index in [4.69, 9.17) is 0 Å². The van der Waals surface area contributed by atoms with E-state index in [1.165, 1.54) is 11.1 Å². The molecule has 0 saturated carbocycles. The maximum Gasteiger partial charge on any atom is 0.0641 e. The van der Waals surface area contributed by atoms with Crippen LogP contribution in [0, 0.1) is 6.92 Å². The number of nitrogens with zero attached hydrogens (tertiary/aromatic N) is 3. The largest absolute Gasteiger partial charge is 0.308 e. The molecule has 2 heterocycles. The molecule has 2 aromatic heterocycles. The van der Waals surface area contributed by atoms with Crippen LogP contribution in [0.1, 0.15) is 31.0 Å². The van der Waals surface area contributed by atoms with Crippen LogP contribution in [0.2, 0.25) is 0 Å². The quantitative estimate of drug-likeness (QED) is 0.877. The minimum atomic E-state index is 0.329. The molecule has 96 valence electrons. The van der Waals surface area contributed by atoms with Crippen LogP contribution in [0.5, 0.6) is 0 Å². The molecule has 2 aromatic rings. The van der Waals surface area contributed by atoms with Crippen LogP contribution in [-0.2, 0) is 6.54 Å². The van der Waals surface area contributed by atoms with Gasteiger partial charge in [0.25, 0.3) is 0 Å². The lowest BCUT2D eigenvalue weighted by molar-refractivity contribution is 0.365. The van der Waals surface area contributed by atoms with E-state index in [2.05, 4.69) is 48.4 Å². The van der Waals surface area contributed by atoms with Gasteiger partial charge < -0.3 is 5.32 Å². The van der Waals surface area contributed by atoms with Gasteiger partial charge >= 0.3 is 0 Å². The van der Waals surface area contributed by atoms with E-state index in [0.29, 0.717) is 12.1 Å². The average Bonchev–Trinajstić information content (AvgIpc) is 2.83. The highest BCUT2D eigenvalue weighted by Crippen LogP contribution is 2.11. The van der Waals surface area contributed by atoms with Gasteiger partial charge in [-0.25, -0.2) is 0 Å². The summed E-state index contributed by atoms with van der Waals surface area (Å²) in [5.41, 5.74) is 2.40. The number of aryl methyl sites for hydroxylation is 1. The Morgan fingerprint density at radius 2 is 2.17 bits per heavy atom. The van der Waals surface area contributed by atoms with Crippen molar-refractivity contribution in [3.8, 4) is 0 Å². The summed E-state index contributed by atoms with van der Waals surface area (Å²) in [6.07, 6.45) is 7.65. The summed E-state index contributed by atoms with van der Waals surface area (Å²) in [6, 6.07) is 4.72. The Labute approximate surface area is 108 Å². The molecule has 0 fully saturated rings. The summed E-state index contributed by atoms with van der Waals surface area (Å²) >= 11 is 0. The van der Waals surface area contributed by atoms with E-state index in [-0.39, 0.29) is 0 Å². The van der Waals surface area contributed by atoms with Crippen molar-refractivity contribution < 1.29 is 0 Å². The first-order valence-electron chi connectivity index (χ1n) is 6.30. The lowest BCUT2D eigenvalue weighted by atomic mass is 10.1. The van der Waals surface area contributed by atoms with Crippen molar-refractivity contribution in [1.29, 1.82) is 0 Å². The highest BCUT2D eigenvalue weighted by Gasteiger charge is 2.13. The van der Waals surface area contributed by atoms with Gasteiger partial charge in [-0.15, -0.1) is 0 Å². The minimum absolute atomic E-state index is 0.329. The van der Waals surface area contributed by atoms with Crippen molar-refractivity contribution in [3.63, 3.8) is 0 Å². The van der Waals surface area contributed by atoms with Gasteiger partial charge in [0.05, 0.1) is 12.2 Å². The molecule has 4 nitrogen and oxygen atoms in total. The lowest BCUT2D eigenvalue weighted by Gasteiger charge is -2.21. The predicted octanol–water partition coefficient (Wildman–Crippen LogP) is 2.33. The molecule has 0 saturated heterocycles. The second-order valence-corrected chi connectivity index (χ2v) is 4.77. The molecular weight excluding hydrogens is 224 g/mol. The van der Waals surface area contributed by atoms with Crippen LogP contribution in [-0.4, -0.2) is 20.8 Å². The highest BCUT2D eigenvalue weighted by atomic mass is 15.3. The topological polar surface area (TPSA) is 42.7 Å². The lowest BCUT2D eigenvalue weighted by Crippen LogP contribution is -2.33. The number of aromatic nitrogens is 3. The maximum absolute atomic E-state index is 4.36. The fourth-order valence-electron chi connectivity index (χ4n) is 1.84. The zero-order chi connectivity index (χ0) is 13.0. The molecule has 0 spiro atoms. The third-order valence-corrected chi connectivity index (χ3v) is 3.22. The second-order valence-electron chi connectivity index (χ2n) is 4.77. The SMILES string of the molecule is Cc1cnn([C@@H](C)[C@@H](C)NCc2cccnc2)c1. The van der Waals surface area contributed by atoms with Gasteiger partial charge in [0.2, 0.25) is 0 Å². The Balaban J connectivity index is 1.90. The van der Waals surface area contributed by atoms with Gasteiger partial charge in [0.1, 0.15) is 0 Å². The zero-order valence-corrected chi connectivity index (χ0v) is 11.2. The number of pyridine rings is 1. The Morgan fingerprint density at radius 3 is 2.78 bits per heavy atom. The highest BCUT2D eigenvalue weighted by molar-refractivity contribution is 5.08. The van der Waals surface area contributed by atoms with E-state index in [0.717, 1.165) is 6.54 Å². The standard InChI is InChI=1S/C14H20N4/c1-11-7-17-18(10-11)13(3)12(2)16-9-14-5-4-6-15-8-14/h4-8,10,12-13,16H,9H2,1-3H3/t12-,13+/m1/s1. The first-order chi connectivity index (χ1) is 8.66. The fraction of sp³-hybridized carbons (Fsp3) is 0.429. The van der Waals surface area contributed by atoms with E-state index < -0.39 is 0 Å². The van der Waals surface area contributed by atoms with Crippen molar-refractivity contribution in [2.24, 2.45) is 0 Å². The monoisotopic (exact) mass is 244 g/mol. The molecule has 0 aliphatic heterocycles. The van der Waals surface area contributed by atoms with Gasteiger partial charge in [-0.3, -0.25) is 9.67 Å². The molecular formula is C14H20N4. The number of rotatable bonds is 5. The van der Waals surface area contributed by atoms with Crippen LogP contribution in [0.3, 0.4) is 0 Å². The first kappa shape index (κ1) is 12.8.